The maximum absolute atomic E-state index is 12.9. The van der Waals surface area contributed by atoms with Gasteiger partial charge in [0.2, 0.25) is 5.91 Å². The number of carboxylic acids is 1. The van der Waals surface area contributed by atoms with Crippen LogP contribution in [0.25, 0.3) is 0 Å². The first kappa shape index (κ1) is 17.5. The van der Waals surface area contributed by atoms with Crippen LogP contribution < -0.4 is 0 Å². The molecule has 0 aromatic heterocycles. The molecule has 0 spiro atoms. The van der Waals surface area contributed by atoms with Crippen LogP contribution in [0, 0.1) is 5.92 Å². The third kappa shape index (κ3) is 3.85. The third-order valence-corrected chi connectivity index (χ3v) is 5.25. The molecule has 1 saturated carbocycles. The predicted molar refractivity (Wildman–Crippen MR) is 90.5 cm³/mol. The van der Waals surface area contributed by atoms with E-state index in [-0.39, 0.29) is 30.3 Å². The van der Waals surface area contributed by atoms with Crippen molar-refractivity contribution in [3.63, 3.8) is 0 Å². The molecule has 0 radical (unpaired) electrons. The molecule has 1 aromatic rings. The highest BCUT2D eigenvalue weighted by molar-refractivity contribution is 6.35. The number of rotatable bonds is 5. The molecule has 0 bridgehead atoms. The summed E-state index contributed by atoms with van der Waals surface area (Å²) in [7, 11) is 0. The van der Waals surface area contributed by atoms with Gasteiger partial charge in [-0.3, -0.25) is 9.59 Å². The lowest BCUT2D eigenvalue weighted by Gasteiger charge is -2.33. The summed E-state index contributed by atoms with van der Waals surface area (Å²) in [5.74, 6) is -1.25. The molecule has 1 N–H and O–H groups in total. The summed E-state index contributed by atoms with van der Waals surface area (Å²) in [5, 5.41) is 10.3. The average molecular weight is 372 g/mol. The van der Waals surface area contributed by atoms with Crippen molar-refractivity contribution in [2.24, 2.45) is 5.92 Å². The number of halogens is 2. The number of benzene rings is 1. The van der Waals surface area contributed by atoms with Crippen LogP contribution in [0.4, 0.5) is 0 Å². The fourth-order valence-electron chi connectivity index (χ4n) is 3.36. The molecule has 1 aliphatic heterocycles. The zero-order valence-electron chi connectivity index (χ0n) is 13.1. The average Bonchev–Trinajstić information content (AvgIpc) is 3.33. The molecule has 1 amide bonds. The number of carbonyl (C=O) groups is 2. The summed E-state index contributed by atoms with van der Waals surface area (Å²) >= 11 is 12.1. The molecule has 130 valence electrons. The van der Waals surface area contributed by atoms with Crippen molar-refractivity contribution < 1.29 is 19.4 Å². The molecule has 2 aliphatic rings. The number of carboxylic acid groups (broad SMARTS) is 1. The number of nitrogens with zero attached hydrogens (tertiary/aromatic N) is 1. The van der Waals surface area contributed by atoms with Crippen LogP contribution in [0.1, 0.15) is 30.7 Å². The highest BCUT2D eigenvalue weighted by Crippen LogP contribution is 2.51. The van der Waals surface area contributed by atoms with Crippen LogP contribution in [-0.2, 0) is 14.3 Å². The van der Waals surface area contributed by atoms with E-state index < -0.39 is 5.97 Å². The van der Waals surface area contributed by atoms with Gasteiger partial charge in [0.05, 0.1) is 0 Å². The van der Waals surface area contributed by atoms with Crippen molar-refractivity contribution in [3.8, 4) is 0 Å². The summed E-state index contributed by atoms with van der Waals surface area (Å²) in [6.45, 7) is 0.859. The van der Waals surface area contributed by atoms with Crippen molar-refractivity contribution in [3.05, 3.63) is 33.8 Å². The summed E-state index contributed by atoms with van der Waals surface area (Å²) in [5.41, 5.74) is 0.904. The first-order chi connectivity index (χ1) is 11.5. The number of hydrogen-bond acceptors (Lipinski definition) is 3. The lowest BCUT2D eigenvalue weighted by atomic mass is 10.0. The Bertz CT molecular complexity index is 645. The second-order valence-electron chi connectivity index (χ2n) is 6.32. The van der Waals surface area contributed by atoms with E-state index >= 15 is 0 Å². The SMILES string of the molecule is O=C(O)CN(C(=O)[C@@H]1C[C@H]1c1ccc(Cl)cc1Cl)C1CCOCC1. The molecule has 24 heavy (non-hydrogen) atoms. The summed E-state index contributed by atoms with van der Waals surface area (Å²) in [6.07, 6.45) is 2.05. The van der Waals surface area contributed by atoms with Crippen LogP contribution in [0.2, 0.25) is 10.0 Å². The lowest BCUT2D eigenvalue weighted by molar-refractivity contribution is -0.148. The molecule has 1 aliphatic carbocycles. The Morgan fingerprint density at radius 2 is 1.96 bits per heavy atom. The van der Waals surface area contributed by atoms with E-state index in [1.165, 1.54) is 4.90 Å². The van der Waals surface area contributed by atoms with E-state index in [9.17, 15) is 9.59 Å². The Kier molecular flexibility index (Phi) is 5.33. The first-order valence-corrected chi connectivity index (χ1v) is 8.78. The van der Waals surface area contributed by atoms with Gasteiger partial charge in [0.15, 0.2) is 0 Å². The second-order valence-corrected chi connectivity index (χ2v) is 7.16. The molecule has 1 heterocycles. The van der Waals surface area contributed by atoms with Crippen molar-refractivity contribution in [2.75, 3.05) is 19.8 Å². The molecule has 2 fully saturated rings. The van der Waals surface area contributed by atoms with Crippen LogP contribution in [-0.4, -0.2) is 47.7 Å². The van der Waals surface area contributed by atoms with E-state index in [1.54, 1.807) is 12.1 Å². The van der Waals surface area contributed by atoms with Gasteiger partial charge in [-0.1, -0.05) is 29.3 Å². The van der Waals surface area contributed by atoms with Gasteiger partial charge in [-0.25, -0.2) is 0 Å². The normalized spacial score (nSPS) is 23.8. The van der Waals surface area contributed by atoms with Gasteiger partial charge in [0.25, 0.3) is 0 Å². The van der Waals surface area contributed by atoms with Gasteiger partial charge in [-0.05, 0) is 42.9 Å². The smallest absolute Gasteiger partial charge is 0.323 e. The van der Waals surface area contributed by atoms with E-state index in [1.807, 2.05) is 6.07 Å². The monoisotopic (exact) mass is 371 g/mol. The lowest BCUT2D eigenvalue weighted by Crippen LogP contribution is -2.46. The minimum Gasteiger partial charge on any atom is -0.480 e. The van der Waals surface area contributed by atoms with Crippen LogP contribution >= 0.6 is 23.2 Å². The zero-order valence-corrected chi connectivity index (χ0v) is 14.6. The number of amides is 1. The molecular weight excluding hydrogens is 353 g/mol. The second kappa shape index (κ2) is 7.30. The summed E-state index contributed by atoms with van der Waals surface area (Å²) in [6, 6.07) is 5.21. The molecule has 3 rings (SSSR count). The Balaban J connectivity index is 1.72. The van der Waals surface area contributed by atoms with Gasteiger partial charge in [-0.2, -0.15) is 0 Å². The molecule has 1 aromatic carbocycles. The van der Waals surface area contributed by atoms with Crippen molar-refractivity contribution in [1.82, 2.24) is 4.90 Å². The van der Waals surface area contributed by atoms with Crippen molar-refractivity contribution >= 4 is 35.1 Å². The molecule has 0 unspecified atom stereocenters. The van der Waals surface area contributed by atoms with Gasteiger partial charge < -0.3 is 14.7 Å². The van der Waals surface area contributed by atoms with Crippen molar-refractivity contribution in [2.45, 2.75) is 31.2 Å². The maximum Gasteiger partial charge on any atom is 0.323 e. The van der Waals surface area contributed by atoms with E-state index in [0.717, 1.165) is 5.56 Å². The number of hydrogen-bond donors (Lipinski definition) is 1. The predicted octanol–water partition coefficient (Wildman–Crippen LogP) is 3.19. The van der Waals surface area contributed by atoms with Gasteiger partial charge >= 0.3 is 5.97 Å². The number of carbonyl (C=O) groups excluding carboxylic acids is 1. The Hall–Kier alpha value is -1.30. The number of ether oxygens (including phenoxy) is 1. The highest BCUT2D eigenvalue weighted by Gasteiger charge is 2.48. The van der Waals surface area contributed by atoms with Crippen LogP contribution in [0.5, 0.6) is 0 Å². The van der Waals surface area contributed by atoms with Gasteiger partial charge in [0.1, 0.15) is 6.54 Å². The minimum absolute atomic E-state index is 0.0402. The molecule has 2 atom stereocenters. The Labute approximate surface area is 150 Å². The fourth-order valence-corrected chi connectivity index (χ4v) is 3.90. The van der Waals surface area contributed by atoms with Gasteiger partial charge in [0, 0.05) is 35.2 Å². The van der Waals surface area contributed by atoms with E-state index in [0.29, 0.717) is 42.5 Å². The van der Waals surface area contributed by atoms with Gasteiger partial charge in [-0.15, -0.1) is 0 Å². The quantitative estimate of drug-likeness (QED) is 0.862. The molecular formula is C17H19Cl2NO4. The van der Waals surface area contributed by atoms with Crippen LogP contribution in [0.15, 0.2) is 18.2 Å². The maximum atomic E-state index is 12.9. The highest BCUT2D eigenvalue weighted by atomic mass is 35.5. The zero-order chi connectivity index (χ0) is 17.3. The standard InChI is InChI=1S/C17H19Cl2NO4/c18-10-1-2-12(15(19)7-10)13-8-14(13)17(23)20(9-16(21)22)11-3-5-24-6-4-11/h1-2,7,11,13-14H,3-6,8-9H2,(H,21,22)/t13-,14+/m0/s1. The number of aliphatic carboxylic acids is 1. The molecule has 1 saturated heterocycles. The minimum atomic E-state index is -0.989. The topological polar surface area (TPSA) is 66.8 Å². The largest absolute Gasteiger partial charge is 0.480 e. The fraction of sp³-hybridized carbons (Fsp3) is 0.529. The molecule has 5 nitrogen and oxygen atoms in total. The van der Waals surface area contributed by atoms with Crippen molar-refractivity contribution in [1.29, 1.82) is 0 Å². The third-order valence-electron chi connectivity index (χ3n) is 4.69. The Morgan fingerprint density at radius 3 is 2.58 bits per heavy atom. The Morgan fingerprint density at radius 1 is 1.25 bits per heavy atom. The summed E-state index contributed by atoms with van der Waals surface area (Å²) in [4.78, 5) is 25.6. The van der Waals surface area contributed by atoms with E-state index in [2.05, 4.69) is 0 Å². The van der Waals surface area contributed by atoms with Crippen LogP contribution in [0.3, 0.4) is 0 Å². The molecule has 7 heteroatoms. The first-order valence-electron chi connectivity index (χ1n) is 8.02. The van der Waals surface area contributed by atoms with E-state index in [4.69, 9.17) is 33.0 Å². The summed E-state index contributed by atoms with van der Waals surface area (Å²) < 4.78 is 5.31.